The number of carbonyl (C=O) groups is 5. The van der Waals surface area contributed by atoms with Gasteiger partial charge in [0.25, 0.3) is 17.7 Å². The van der Waals surface area contributed by atoms with Crippen LogP contribution in [0.2, 0.25) is 0 Å². The van der Waals surface area contributed by atoms with E-state index in [4.69, 9.17) is 9.47 Å². The molecule has 0 unspecified atom stereocenters. The Bertz CT molecular complexity index is 1520. The van der Waals surface area contributed by atoms with Crippen molar-refractivity contribution >= 4 is 69.8 Å². The van der Waals surface area contributed by atoms with Crippen molar-refractivity contribution in [1.29, 1.82) is 0 Å². The van der Waals surface area contributed by atoms with Gasteiger partial charge in [-0.05, 0) is 82.8 Å². The molecule has 11 nitrogen and oxygen atoms in total. The summed E-state index contributed by atoms with van der Waals surface area (Å²) in [7, 11) is 2.65. The quantitative estimate of drug-likeness (QED) is 0.162. The molecule has 12 heteroatoms. The molecule has 1 heterocycles. The maximum absolute atomic E-state index is 13.2. The van der Waals surface area contributed by atoms with Crippen molar-refractivity contribution in [3.8, 4) is 11.5 Å². The van der Waals surface area contributed by atoms with Gasteiger partial charge in [-0.1, -0.05) is 18.2 Å². The molecule has 40 heavy (non-hydrogen) atoms. The molecule has 1 aliphatic rings. The van der Waals surface area contributed by atoms with Crippen LogP contribution < -0.4 is 25.0 Å². The minimum Gasteiger partial charge on any atom is -0.493 e. The lowest BCUT2D eigenvalue weighted by Crippen LogP contribution is -2.54. The van der Waals surface area contributed by atoms with Crippen LogP contribution in [-0.2, 0) is 19.1 Å². The number of nitrogens with one attached hydrogen (secondary N) is 2. The van der Waals surface area contributed by atoms with Crippen molar-refractivity contribution in [1.82, 2.24) is 5.32 Å². The normalized spacial score (nSPS) is 14.0. The highest BCUT2D eigenvalue weighted by molar-refractivity contribution is 14.1. The molecule has 0 aliphatic carbocycles. The second kappa shape index (κ2) is 12.4. The minimum absolute atomic E-state index is 0.151. The number of esters is 1. The molecule has 1 aliphatic heterocycles. The van der Waals surface area contributed by atoms with E-state index in [1.165, 1.54) is 50.6 Å². The Kier molecular flexibility index (Phi) is 8.79. The number of amides is 5. The molecule has 0 bridgehead atoms. The van der Waals surface area contributed by atoms with Gasteiger partial charge in [-0.25, -0.2) is 14.5 Å². The molecule has 0 atom stereocenters. The SMILES string of the molecule is COC(=O)c1ccc(N2C(=O)NC(=O)/C(=C\c3cc(I)c(OCC(=O)Nc4ccccc4)c(OC)c3)C2=O)cc1. The molecule has 1 saturated heterocycles. The van der Waals surface area contributed by atoms with Crippen molar-refractivity contribution in [2.24, 2.45) is 0 Å². The largest absolute Gasteiger partial charge is 0.493 e. The fourth-order valence-corrected chi connectivity index (χ4v) is 4.52. The summed E-state index contributed by atoms with van der Waals surface area (Å²) >= 11 is 1.98. The molecular formula is C28H22IN3O8. The number of urea groups is 1. The average molecular weight is 655 g/mol. The minimum atomic E-state index is -0.928. The van der Waals surface area contributed by atoms with E-state index in [1.807, 2.05) is 28.7 Å². The van der Waals surface area contributed by atoms with E-state index in [-0.39, 0.29) is 35.1 Å². The molecule has 3 aromatic rings. The third kappa shape index (κ3) is 6.29. The Hall–Kier alpha value is -4.72. The van der Waals surface area contributed by atoms with Crippen LogP contribution in [0.5, 0.6) is 11.5 Å². The van der Waals surface area contributed by atoms with E-state index in [2.05, 4.69) is 15.4 Å². The summed E-state index contributed by atoms with van der Waals surface area (Å²) in [6.45, 7) is -0.283. The first kappa shape index (κ1) is 28.3. The van der Waals surface area contributed by atoms with Crippen LogP contribution in [0.15, 0.2) is 72.3 Å². The number of anilines is 2. The number of carbonyl (C=O) groups excluding carboxylic acids is 5. The molecule has 2 N–H and O–H groups in total. The van der Waals surface area contributed by atoms with Gasteiger partial charge in [-0.3, -0.25) is 19.7 Å². The molecule has 0 aromatic heterocycles. The number of rotatable bonds is 8. The third-order valence-electron chi connectivity index (χ3n) is 5.62. The number of hydrogen-bond acceptors (Lipinski definition) is 8. The van der Waals surface area contributed by atoms with Gasteiger partial charge in [0.1, 0.15) is 5.57 Å². The maximum Gasteiger partial charge on any atom is 0.337 e. The van der Waals surface area contributed by atoms with E-state index in [0.717, 1.165) is 4.90 Å². The summed E-state index contributed by atoms with van der Waals surface area (Å²) < 4.78 is 16.3. The number of imide groups is 2. The van der Waals surface area contributed by atoms with Crippen LogP contribution in [0.3, 0.4) is 0 Å². The summed E-state index contributed by atoms with van der Waals surface area (Å²) in [5.41, 5.74) is 1.12. The first-order valence-corrected chi connectivity index (χ1v) is 12.7. The van der Waals surface area contributed by atoms with Crippen molar-refractivity contribution in [3.63, 3.8) is 0 Å². The number of nitrogens with zero attached hydrogens (tertiary/aromatic N) is 1. The van der Waals surface area contributed by atoms with Gasteiger partial charge >= 0.3 is 12.0 Å². The predicted octanol–water partition coefficient (Wildman–Crippen LogP) is 3.77. The Labute approximate surface area is 242 Å². The van der Waals surface area contributed by atoms with Crippen molar-refractivity contribution in [2.75, 3.05) is 31.0 Å². The van der Waals surface area contributed by atoms with Crippen LogP contribution in [0.25, 0.3) is 6.08 Å². The van der Waals surface area contributed by atoms with Gasteiger partial charge in [0.2, 0.25) is 0 Å². The molecule has 5 amide bonds. The van der Waals surface area contributed by atoms with Crippen LogP contribution >= 0.6 is 22.6 Å². The van der Waals surface area contributed by atoms with Gasteiger partial charge in [0.05, 0.1) is 29.0 Å². The zero-order valence-electron chi connectivity index (χ0n) is 21.2. The molecule has 4 rings (SSSR count). The molecular weight excluding hydrogens is 633 g/mol. The standard InChI is InChI=1S/C28H22IN3O8/c1-38-22-14-16(13-21(29)24(22)40-15-23(33)30-18-6-4-3-5-7-18)12-20-25(34)31-28(37)32(26(20)35)19-10-8-17(9-11-19)27(36)39-2/h3-14H,15H2,1-2H3,(H,30,33)(H,31,34,37)/b20-12+. The number of halogens is 1. The molecule has 1 fully saturated rings. The smallest absolute Gasteiger partial charge is 0.337 e. The van der Waals surface area contributed by atoms with E-state index in [1.54, 1.807) is 30.3 Å². The Balaban J connectivity index is 1.56. The summed E-state index contributed by atoms with van der Waals surface area (Å²) in [6.07, 6.45) is 1.32. The molecule has 3 aromatic carbocycles. The van der Waals surface area contributed by atoms with Crippen LogP contribution in [0, 0.1) is 3.57 Å². The fraction of sp³-hybridized carbons (Fsp3) is 0.107. The fourth-order valence-electron chi connectivity index (χ4n) is 3.74. The second-order valence-corrected chi connectivity index (χ2v) is 9.40. The summed E-state index contributed by atoms with van der Waals surface area (Å²) in [6, 6.07) is 16.7. The highest BCUT2D eigenvalue weighted by Gasteiger charge is 2.37. The van der Waals surface area contributed by atoms with Crippen LogP contribution in [-0.4, -0.2) is 50.5 Å². The molecule has 0 radical (unpaired) electrons. The predicted molar refractivity (Wildman–Crippen MR) is 153 cm³/mol. The highest BCUT2D eigenvalue weighted by atomic mass is 127. The van der Waals surface area contributed by atoms with Gasteiger partial charge in [0, 0.05) is 5.69 Å². The topological polar surface area (TPSA) is 140 Å². The summed E-state index contributed by atoms with van der Waals surface area (Å²) in [5.74, 6) is -2.11. The van der Waals surface area contributed by atoms with Gasteiger partial charge in [-0.15, -0.1) is 0 Å². The zero-order chi connectivity index (χ0) is 28.8. The number of para-hydroxylation sites is 1. The number of hydrogen-bond donors (Lipinski definition) is 2. The lowest BCUT2D eigenvalue weighted by Gasteiger charge is -2.26. The third-order valence-corrected chi connectivity index (χ3v) is 6.42. The first-order chi connectivity index (χ1) is 19.2. The van der Waals surface area contributed by atoms with E-state index in [0.29, 0.717) is 20.6 Å². The van der Waals surface area contributed by atoms with Gasteiger partial charge in [0.15, 0.2) is 18.1 Å². The highest BCUT2D eigenvalue weighted by Crippen LogP contribution is 2.35. The zero-order valence-corrected chi connectivity index (χ0v) is 23.4. The lowest BCUT2D eigenvalue weighted by atomic mass is 10.1. The number of benzene rings is 3. The average Bonchev–Trinajstić information content (AvgIpc) is 2.94. The van der Waals surface area contributed by atoms with E-state index >= 15 is 0 Å². The Morgan fingerprint density at radius 2 is 1.70 bits per heavy atom. The van der Waals surface area contributed by atoms with Crippen LogP contribution in [0.1, 0.15) is 15.9 Å². The number of ether oxygens (including phenoxy) is 3. The molecule has 0 spiro atoms. The van der Waals surface area contributed by atoms with Crippen molar-refractivity contribution in [2.45, 2.75) is 0 Å². The van der Waals surface area contributed by atoms with E-state index < -0.39 is 23.8 Å². The molecule has 204 valence electrons. The summed E-state index contributed by atoms with van der Waals surface area (Å²) in [5, 5.41) is 4.87. The Morgan fingerprint density at radius 1 is 1.00 bits per heavy atom. The number of methoxy groups -OCH3 is 2. The maximum atomic E-state index is 13.2. The van der Waals surface area contributed by atoms with Gasteiger partial charge < -0.3 is 19.5 Å². The Morgan fingerprint density at radius 3 is 2.35 bits per heavy atom. The van der Waals surface area contributed by atoms with Gasteiger partial charge in [-0.2, -0.15) is 0 Å². The first-order valence-electron chi connectivity index (χ1n) is 11.7. The summed E-state index contributed by atoms with van der Waals surface area (Å²) in [4.78, 5) is 63.2. The van der Waals surface area contributed by atoms with Crippen molar-refractivity contribution < 1.29 is 38.2 Å². The lowest BCUT2D eigenvalue weighted by molar-refractivity contribution is -0.122. The van der Waals surface area contributed by atoms with Crippen molar-refractivity contribution in [3.05, 3.63) is 87.0 Å². The van der Waals surface area contributed by atoms with Crippen LogP contribution in [0.4, 0.5) is 16.2 Å². The second-order valence-electron chi connectivity index (χ2n) is 8.23. The number of barbiturate groups is 1. The van der Waals surface area contributed by atoms with E-state index in [9.17, 15) is 24.0 Å². The monoisotopic (exact) mass is 655 g/mol. The molecule has 0 saturated carbocycles.